The molecule has 0 radical (unpaired) electrons. The van der Waals surface area contributed by atoms with Gasteiger partial charge in [0.25, 0.3) is 5.91 Å². The molecule has 0 fully saturated rings. The molecule has 118 valence electrons. The number of hydrogen-bond acceptors (Lipinski definition) is 4. The maximum absolute atomic E-state index is 12.7. The molecule has 5 heteroatoms. The number of methoxy groups -OCH3 is 1. The average Bonchev–Trinajstić information content (AvgIpc) is 3.04. The zero-order valence-corrected chi connectivity index (χ0v) is 13.2. The molecular weight excluding hydrogens is 280 g/mol. The minimum absolute atomic E-state index is 0.0659. The van der Waals surface area contributed by atoms with Gasteiger partial charge in [0.1, 0.15) is 17.8 Å². The Kier molecular flexibility index (Phi) is 5.22. The fourth-order valence-electron chi connectivity index (χ4n) is 2.44. The van der Waals surface area contributed by atoms with Gasteiger partial charge in [-0.2, -0.15) is 0 Å². The molecule has 1 atom stereocenters. The van der Waals surface area contributed by atoms with E-state index >= 15 is 0 Å². The summed E-state index contributed by atoms with van der Waals surface area (Å²) >= 11 is 0. The monoisotopic (exact) mass is 302 g/mol. The molecule has 1 aromatic carbocycles. The third-order valence-corrected chi connectivity index (χ3v) is 3.75. The lowest BCUT2D eigenvalue weighted by atomic mass is 10.1. The lowest BCUT2D eigenvalue weighted by molar-refractivity contribution is 0.0701. The number of benzene rings is 1. The normalized spacial score (nSPS) is 12.0. The van der Waals surface area contributed by atoms with Crippen LogP contribution < -0.4 is 10.5 Å². The van der Waals surface area contributed by atoms with Crippen LogP contribution in [0.1, 0.15) is 41.6 Å². The number of ether oxygens (including phenoxy) is 1. The predicted octanol–water partition coefficient (Wildman–Crippen LogP) is 2.97. The van der Waals surface area contributed by atoms with Gasteiger partial charge in [0.15, 0.2) is 0 Å². The van der Waals surface area contributed by atoms with E-state index in [0.717, 1.165) is 11.3 Å². The van der Waals surface area contributed by atoms with Gasteiger partial charge in [-0.05, 0) is 37.6 Å². The first-order chi connectivity index (χ1) is 10.6. The van der Waals surface area contributed by atoms with Crippen LogP contribution in [-0.4, -0.2) is 24.5 Å². The first-order valence-electron chi connectivity index (χ1n) is 7.33. The summed E-state index contributed by atoms with van der Waals surface area (Å²) in [7, 11) is 1.63. The van der Waals surface area contributed by atoms with Gasteiger partial charge in [-0.1, -0.05) is 12.1 Å². The van der Waals surface area contributed by atoms with E-state index < -0.39 is 0 Å². The molecule has 1 heterocycles. The minimum Gasteiger partial charge on any atom is -0.497 e. The highest BCUT2D eigenvalue weighted by Gasteiger charge is 2.23. The van der Waals surface area contributed by atoms with Crippen LogP contribution in [0.25, 0.3) is 0 Å². The first kappa shape index (κ1) is 16.1. The van der Waals surface area contributed by atoms with E-state index in [4.69, 9.17) is 14.9 Å². The van der Waals surface area contributed by atoms with Gasteiger partial charge < -0.3 is 19.8 Å². The van der Waals surface area contributed by atoms with Crippen LogP contribution in [0.5, 0.6) is 5.75 Å². The molecule has 0 bridgehead atoms. The van der Waals surface area contributed by atoms with Crippen molar-refractivity contribution in [2.24, 2.45) is 5.73 Å². The van der Waals surface area contributed by atoms with Gasteiger partial charge in [0, 0.05) is 6.54 Å². The van der Waals surface area contributed by atoms with Crippen molar-refractivity contribution in [2.45, 2.75) is 26.4 Å². The van der Waals surface area contributed by atoms with Crippen molar-refractivity contribution in [1.82, 2.24) is 4.90 Å². The van der Waals surface area contributed by atoms with E-state index in [2.05, 4.69) is 0 Å². The Morgan fingerprint density at radius 3 is 2.77 bits per heavy atom. The number of nitrogens with zero attached hydrogens (tertiary/aromatic N) is 1. The molecule has 1 aromatic heterocycles. The lowest BCUT2D eigenvalue weighted by Gasteiger charge is -2.28. The number of nitrogens with two attached hydrogens (primary N) is 1. The molecule has 0 saturated carbocycles. The molecule has 0 spiro atoms. The second-order valence-corrected chi connectivity index (χ2v) is 5.05. The largest absolute Gasteiger partial charge is 0.497 e. The summed E-state index contributed by atoms with van der Waals surface area (Å²) in [4.78, 5) is 14.5. The lowest BCUT2D eigenvalue weighted by Crippen LogP contribution is -2.33. The summed E-state index contributed by atoms with van der Waals surface area (Å²) in [5.41, 5.74) is 7.07. The van der Waals surface area contributed by atoms with Crippen LogP contribution in [-0.2, 0) is 6.54 Å². The van der Waals surface area contributed by atoms with E-state index in [1.165, 1.54) is 6.26 Å². The molecule has 0 saturated heterocycles. The van der Waals surface area contributed by atoms with Crippen molar-refractivity contribution in [1.29, 1.82) is 0 Å². The fourth-order valence-corrected chi connectivity index (χ4v) is 2.44. The first-order valence-corrected chi connectivity index (χ1v) is 7.33. The molecule has 0 aliphatic heterocycles. The van der Waals surface area contributed by atoms with Gasteiger partial charge >= 0.3 is 0 Å². The number of carbonyl (C=O) groups excluding carboxylic acids is 1. The smallest absolute Gasteiger partial charge is 0.257 e. The molecule has 2 N–H and O–H groups in total. The van der Waals surface area contributed by atoms with Gasteiger partial charge in [0.2, 0.25) is 0 Å². The molecular formula is C17H22N2O3. The van der Waals surface area contributed by atoms with Crippen LogP contribution in [0.3, 0.4) is 0 Å². The Bertz CT molecular complexity index is 636. The summed E-state index contributed by atoms with van der Waals surface area (Å²) in [5, 5.41) is 0. The molecule has 2 aromatic rings. The zero-order chi connectivity index (χ0) is 16.1. The standard InChI is InChI=1S/C17H22N2O3/c1-4-19(17(20)14-9-16(10-18)22-11-14)12(2)13-6-5-7-15(8-13)21-3/h5-9,11-12H,4,10,18H2,1-3H3. The fraction of sp³-hybridized carbons (Fsp3) is 0.353. The number of rotatable bonds is 6. The Labute approximate surface area is 130 Å². The SMILES string of the molecule is CCN(C(=O)c1coc(CN)c1)C(C)c1cccc(OC)c1. The van der Waals surface area contributed by atoms with Gasteiger partial charge in [-0.25, -0.2) is 0 Å². The van der Waals surface area contributed by atoms with Crippen LogP contribution in [0, 0.1) is 0 Å². The Hall–Kier alpha value is -2.27. The molecule has 2 rings (SSSR count). The van der Waals surface area contributed by atoms with Crippen LogP contribution >= 0.6 is 0 Å². The van der Waals surface area contributed by atoms with Crippen molar-refractivity contribution in [3.05, 3.63) is 53.5 Å². The van der Waals surface area contributed by atoms with Crippen LogP contribution in [0.4, 0.5) is 0 Å². The van der Waals surface area contributed by atoms with Crippen molar-refractivity contribution < 1.29 is 13.9 Å². The van der Waals surface area contributed by atoms with Gasteiger partial charge in [-0.3, -0.25) is 4.79 Å². The summed E-state index contributed by atoms with van der Waals surface area (Å²) in [6, 6.07) is 9.38. The number of carbonyl (C=O) groups is 1. The number of hydrogen-bond donors (Lipinski definition) is 1. The zero-order valence-electron chi connectivity index (χ0n) is 13.2. The van der Waals surface area contributed by atoms with Gasteiger partial charge in [0.05, 0.1) is 25.3 Å². The summed E-state index contributed by atoms with van der Waals surface area (Å²) in [6.45, 7) is 4.84. The third kappa shape index (κ3) is 3.31. The summed E-state index contributed by atoms with van der Waals surface area (Å²) in [5.74, 6) is 1.32. The van der Waals surface area contributed by atoms with Crippen molar-refractivity contribution in [3.8, 4) is 5.75 Å². The van der Waals surface area contributed by atoms with Crippen LogP contribution in [0.15, 0.2) is 41.0 Å². The Morgan fingerprint density at radius 1 is 1.41 bits per heavy atom. The quantitative estimate of drug-likeness (QED) is 0.890. The second kappa shape index (κ2) is 7.13. The minimum atomic E-state index is -0.0683. The van der Waals surface area contributed by atoms with Gasteiger partial charge in [-0.15, -0.1) is 0 Å². The molecule has 1 amide bonds. The molecule has 0 aliphatic rings. The highest BCUT2D eigenvalue weighted by Crippen LogP contribution is 2.25. The molecule has 5 nitrogen and oxygen atoms in total. The topological polar surface area (TPSA) is 68.7 Å². The highest BCUT2D eigenvalue weighted by molar-refractivity contribution is 5.94. The second-order valence-electron chi connectivity index (χ2n) is 5.05. The van der Waals surface area contributed by atoms with Crippen molar-refractivity contribution in [2.75, 3.05) is 13.7 Å². The number of amides is 1. The highest BCUT2D eigenvalue weighted by atomic mass is 16.5. The maximum atomic E-state index is 12.7. The summed E-state index contributed by atoms with van der Waals surface area (Å²) in [6.07, 6.45) is 1.46. The van der Waals surface area contributed by atoms with E-state index in [0.29, 0.717) is 17.9 Å². The van der Waals surface area contributed by atoms with Crippen LogP contribution in [0.2, 0.25) is 0 Å². The van der Waals surface area contributed by atoms with Crippen molar-refractivity contribution >= 4 is 5.91 Å². The van der Waals surface area contributed by atoms with E-state index in [1.54, 1.807) is 18.1 Å². The maximum Gasteiger partial charge on any atom is 0.257 e. The molecule has 22 heavy (non-hydrogen) atoms. The third-order valence-electron chi connectivity index (χ3n) is 3.75. The number of furan rings is 1. The van der Waals surface area contributed by atoms with E-state index in [-0.39, 0.29) is 18.5 Å². The Morgan fingerprint density at radius 2 is 2.18 bits per heavy atom. The van der Waals surface area contributed by atoms with E-state index in [9.17, 15) is 4.79 Å². The Balaban J connectivity index is 2.24. The summed E-state index contributed by atoms with van der Waals surface area (Å²) < 4.78 is 10.5. The molecule has 0 aliphatic carbocycles. The van der Waals surface area contributed by atoms with Crippen molar-refractivity contribution in [3.63, 3.8) is 0 Å². The average molecular weight is 302 g/mol. The predicted molar refractivity (Wildman–Crippen MR) is 84.7 cm³/mol. The molecule has 1 unspecified atom stereocenters. The van der Waals surface area contributed by atoms with E-state index in [1.807, 2.05) is 38.1 Å².